The van der Waals surface area contributed by atoms with Gasteiger partial charge in [-0.25, -0.2) is 8.42 Å². The molecule has 0 bridgehead atoms. The smallest absolute Gasteiger partial charge is 0.263 e. The Morgan fingerprint density at radius 2 is 2.19 bits per heavy atom. The third kappa shape index (κ3) is 3.82. The fraction of sp³-hybridized carbons (Fsp3) is 0.312. The van der Waals surface area contributed by atoms with Gasteiger partial charge in [0.05, 0.1) is 5.69 Å². The Balaban J connectivity index is 2.49. The van der Waals surface area contributed by atoms with Gasteiger partial charge in [0.1, 0.15) is 4.90 Å². The molecule has 4 nitrogen and oxygen atoms in total. The van der Waals surface area contributed by atoms with Crippen LogP contribution in [-0.2, 0) is 10.0 Å². The predicted octanol–water partition coefficient (Wildman–Crippen LogP) is 3.79. The van der Waals surface area contributed by atoms with Gasteiger partial charge in [-0.2, -0.15) is 0 Å². The van der Waals surface area contributed by atoms with Gasteiger partial charge in [-0.3, -0.25) is 9.71 Å². The van der Waals surface area contributed by atoms with E-state index in [1.165, 1.54) is 0 Å². The highest BCUT2D eigenvalue weighted by atomic mass is 32.2. The van der Waals surface area contributed by atoms with Gasteiger partial charge in [-0.1, -0.05) is 37.3 Å². The summed E-state index contributed by atoms with van der Waals surface area (Å²) < 4.78 is 27.7. The van der Waals surface area contributed by atoms with Crippen LogP contribution in [0.1, 0.15) is 38.7 Å². The number of hydrogen-bond donors (Lipinski definition) is 1. The molecule has 0 aromatic heterocycles. The highest BCUT2D eigenvalue weighted by Gasteiger charge is 2.20. The number of sulfonamides is 1. The van der Waals surface area contributed by atoms with E-state index in [9.17, 15) is 8.42 Å². The van der Waals surface area contributed by atoms with Crippen LogP contribution in [0.3, 0.4) is 0 Å². The minimum Gasteiger partial charge on any atom is -0.284 e. The number of aliphatic imine (C=N–C) groups is 1. The van der Waals surface area contributed by atoms with E-state index in [1.54, 1.807) is 25.3 Å². The molecule has 0 unspecified atom stereocenters. The van der Waals surface area contributed by atoms with Crippen LogP contribution in [0.25, 0.3) is 6.08 Å². The quantitative estimate of drug-likeness (QED) is 0.920. The summed E-state index contributed by atoms with van der Waals surface area (Å²) in [6.45, 7) is 3.71. The van der Waals surface area contributed by atoms with E-state index >= 15 is 0 Å². The molecule has 2 rings (SSSR count). The van der Waals surface area contributed by atoms with Crippen LogP contribution < -0.4 is 4.72 Å². The van der Waals surface area contributed by atoms with E-state index in [0.717, 1.165) is 24.8 Å². The Kier molecular flexibility index (Phi) is 4.96. The number of allylic oxidation sites excluding steroid dienone is 3. The normalized spacial score (nSPS) is 15.2. The molecule has 1 aromatic carbocycles. The summed E-state index contributed by atoms with van der Waals surface area (Å²) >= 11 is 0. The van der Waals surface area contributed by atoms with Crippen molar-refractivity contribution in [2.45, 2.75) is 38.0 Å². The second-order valence-electron chi connectivity index (χ2n) is 4.89. The topological polar surface area (TPSA) is 58.5 Å². The molecule has 1 aromatic rings. The van der Waals surface area contributed by atoms with Gasteiger partial charge >= 0.3 is 0 Å². The Labute approximate surface area is 126 Å². The van der Waals surface area contributed by atoms with Gasteiger partial charge in [0.15, 0.2) is 0 Å². The first kappa shape index (κ1) is 15.5. The molecule has 0 atom stereocenters. The zero-order chi connectivity index (χ0) is 15.3. The van der Waals surface area contributed by atoms with Crippen molar-refractivity contribution in [2.75, 3.05) is 0 Å². The summed E-state index contributed by atoms with van der Waals surface area (Å²) in [7, 11) is -3.62. The van der Waals surface area contributed by atoms with Gasteiger partial charge in [-0.15, -0.1) is 0 Å². The van der Waals surface area contributed by atoms with E-state index in [1.807, 2.05) is 31.2 Å². The van der Waals surface area contributed by atoms with Gasteiger partial charge in [0.25, 0.3) is 10.0 Å². The summed E-state index contributed by atoms with van der Waals surface area (Å²) in [5, 5.41) is 0. The molecular formula is C16H20N2O2S. The van der Waals surface area contributed by atoms with E-state index in [2.05, 4.69) is 9.71 Å². The molecule has 0 aliphatic carbocycles. The van der Waals surface area contributed by atoms with E-state index < -0.39 is 10.0 Å². The number of nitrogens with zero attached hydrogens (tertiary/aromatic N) is 1. The SMILES string of the molecule is CC/C=C(\C)NS(=O)(=O)c1cccc2c1N=CCCC=C2. The molecule has 0 saturated carbocycles. The van der Waals surface area contributed by atoms with Crippen LogP contribution >= 0.6 is 0 Å². The standard InChI is InChI=1S/C16H20N2O2S/c1-3-8-13(2)18-21(19,20)15-11-7-10-14-9-5-4-6-12-17-16(14)15/h5,7-12,18H,3-4,6H2,1-2H3/b9-5?,13-8+,17-12?. The maximum absolute atomic E-state index is 12.5. The van der Waals surface area contributed by atoms with Gasteiger partial charge in [-0.05, 0) is 32.3 Å². The Morgan fingerprint density at radius 3 is 2.95 bits per heavy atom. The first-order chi connectivity index (χ1) is 10.0. The molecule has 5 heteroatoms. The average molecular weight is 304 g/mol. The van der Waals surface area contributed by atoms with Crippen molar-refractivity contribution in [3.8, 4) is 0 Å². The zero-order valence-corrected chi connectivity index (χ0v) is 13.2. The molecule has 21 heavy (non-hydrogen) atoms. The highest BCUT2D eigenvalue weighted by molar-refractivity contribution is 7.89. The fourth-order valence-electron chi connectivity index (χ4n) is 2.18. The molecule has 0 saturated heterocycles. The lowest BCUT2D eigenvalue weighted by Gasteiger charge is -2.13. The Bertz CT molecular complexity index is 701. The molecular weight excluding hydrogens is 284 g/mol. The summed E-state index contributed by atoms with van der Waals surface area (Å²) in [4.78, 5) is 4.57. The molecule has 0 amide bonds. The van der Waals surface area contributed by atoms with E-state index in [-0.39, 0.29) is 4.90 Å². The minimum absolute atomic E-state index is 0.214. The van der Waals surface area contributed by atoms with E-state index in [0.29, 0.717) is 11.4 Å². The maximum atomic E-state index is 12.5. The molecule has 0 spiro atoms. The summed E-state index contributed by atoms with van der Waals surface area (Å²) in [5.41, 5.74) is 1.96. The summed E-state index contributed by atoms with van der Waals surface area (Å²) in [5.74, 6) is 0. The second-order valence-corrected chi connectivity index (χ2v) is 6.54. The first-order valence-electron chi connectivity index (χ1n) is 7.06. The van der Waals surface area contributed by atoms with Crippen LogP contribution in [0.5, 0.6) is 0 Å². The van der Waals surface area contributed by atoms with Crippen LogP contribution in [0.15, 0.2) is 45.9 Å². The lowest BCUT2D eigenvalue weighted by molar-refractivity contribution is 0.588. The number of hydrogen-bond acceptors (Lipinski definition) is 3. The molecule has 0 fully saturated rings. The zero-order valence-electron chi connectivity index (χ0n) is 12.3. The van der Waals surface area contributed by atoms with E-state index in [4.69, 9.17) is 0 Å². The van der Waals surface area contributed by atoms with Crippen molar-refractivity contribution >= 4 is 28.0 Å². The second kappa shape index (κ2) is 6.72. The highest BCUT2D eigenvalue weighted by Crippen LogP contribution is 2.30. The van der Waals surface area contributed by atoms with Crippen LogP contribution in [0.4, 0.5) is 5.69 Å². The fourth-order valence-corrected chi connectivity index (χ4v) is 3.48. The molecule has 0 radical (unpaired) electrons. The van der Waals surface area contributed by atoms with Crippen molar-refractivity contribution < 1.29 is 8.42 Å². The van der Waals surface area contributed by atoms with Gasteiger partial charge in [0.2, 0.25) is 0 Å². The third-order valence-electron chi connectivity index (χ3n) is 3.11. The van der Waals surface area contributed by atoms with Crippen LogP contribution in [0.2, 0.25) is 0 Å². The summed E-state index contributed by atoms with van der Waals surface area (Å²) in [6, 6.07) is 5.21. The lowest BCUT2D eigenvalue weighted by atomic mass is 10.1. The number of nitrogens with one attached hydrogen (secondary N) is 1. The van der Waals surface area contributed by atoms with Gasteiger partial charge in [0, 0.05) is 17.5 Å². The largest absolute Gasteiger partial charge is 0.284 e. The molecule has 112 valence electrons. The van der Waals surface area contributed by atoms with Crippen molar-refractivity contribution in [2.24, 2.45) is 4.99 Å². The molecule has 1 aliphatic heterocycles. The predicted molar refractivity (Wildman–Crippen MR) is 87.2 cm³/mol. The van der Waals surface area contributed by atoms with Crippen molar-refractivity contribution in [1.82, 2.24) is 4.72 Å². The van der Waals surface area contributed by atoms with Crippen molar-refractivity contribution in [3.63, 3.8) is 0 Å². The molecule has 1 N–H and O–H groups in total. The number of rotatable bonds is 4. The average Bonchev–Trinajstić information content (AvgIpc) is 2.38. The Morgan fingerprint density at radius 1 is 1.38 bits per heavy atom. The number of benzene rings is 1. The lowest BCUT2D eigenvalue weighted by Crippen LogP contribution is -2.22. The van der Waals surface area contributed by atoms with Crippen molar-refractivity contribution in [1.29, 1.82) is 0 Å². The minimum atomic E-state index is -3.62. The molecule has 1 heterocycles. The third-order valence-corrected chi connectivity index (χ3v) is 4.60. The maximum Gasteiger partial charge on any atom is 0.263 e. The summed E-state index contributed by atoms with van der Waals surface area (Å²) in [6.07, 6.45) is 10.1. The monoisotopic (exact) mass is 304 g/mol. The number of fused-ring (bicyclic) bond motifs is 1. The van der Waals surface area contributed by atoms with Gasteiger partial charge < -0.3 is 0 Å². The number of para-hydroxylation sites is 1. The van der Waals surface area contributed by atoms with Crippen molar-refractivity contribution in [3.05, 3.63) is 41.6 Å². The molecule has 1 aliphatic rings. The van der Waals surface area contributed by atoms with Crippen LogP contribution in [-0.4, -0.2) is 14.6 Å². The van der Waals surface area contributed by atoms with Crippen LogP contribution in [0, 0.1) is 0 Å². The Hall–Kier alpha value is -1.88. The first-order valence-corrected chi connectivity index (χ1v) is 8.54.